The first-order valence-electron chi connectivity index (χ1n) is 20.1. The van der Waals surface area contributed by atoms with Crippen LogP contribution in [0.4, 0.5) is 0 Å². The molecule has 0 bridgehead atoms. The van der Waals surface area contributed by atoms with Crippen molar-refractivity contribution in [3.05, 3.63) is 76.3 Å². The Kier molecular flexibility index (Phi) is 11.9. The number of allylic oxidation sites excluding steroid dienone is 4. The topological polar surface area (TPSA) is 72.0 Å². The number of ether oxygens (including phenoxy) is 3. The lowest BCUT2D eigenvalue weighted by molar-refractivity contribution is -0.312. The monoisotopic (exact) mass is 687 g/mol. The third kappa shape index (κ3) is 8.08. The first kappa shape index (κ1) is 37.2. The second-order valence-corrected chi connectivity index (χ2v) is 16.8. The molecule has 6 unspecified atom stereocenters. The Labute approximate surface area is 303 Å². The number of hydrogen-bond acceptors (Lipinski definition) is 6. The van der Waals surface area contributed by atoms with Crippen LogP contribution in [0.5, 0.6) is 0 Å². The fourth-order valence-corrected chi connectivity index (χ4v) is 10.1. The second-order valence-electron chi connectivity index (χ2n) is 16.8. The SMILES string of the molecule is CCC=C(NC/C=C/c1ccc(C2CC3(C)C(O)CCC3C3CCC4CC5(CCC4=C23)OCC(C)(C)CO5)cc1)NCC/C(=C/CC)OCC. The van der Waals surface area contributed by atoms with Crippen LogP contribution in [-0.2, 0) is 14.2 Å². The van der Waals surface area contributed by atoms with Crippen molar-refractivity contribution < 1.29 is 19.3 Å². The molecule has 6 nitrogen and oxygen atoms in total. The summed E-state index contributed by atoms with van der Waals surface area (Å²) in [4.78, 5) is 0. The van der Waals surface area contributed by atoms with Gasteiger partial charge in [-0.25, -0.2) is 0 Å². The zero-order chi connectivity index (χ0) is 35.4. The molecule has 5 aliphatic rings. The molecule has 1 aliphatic heterocycles. The molecule has 1 spiro atoms. The van der Waals surface area contributed by atoms with Gasteiger partial charge in [-0.2, -0.15) is 0 Å². The average molecular weight is 687 g/mol. The van der Waals surface area contributed by atoms with E-state index in [1.54, 1.807) is 11.1 Å². The molecule has 1 aromatic rings. The highest BCUT2D eigenvalue weighted by molar-refractivity contribution is 5.51. The summed E-state index contributed by atoms with van der Waals surface area (Å²) < 4.78 is 18.8. The van der Waals surface area contributed by atoms with Gasteiger partial charge in [-0.3, -0.25) is 0 Å². The molecule has 1 aromatic carbocycles. The van der Waals surface area contributed by atoms with E-state index < -0.39 is 5.79 Å². The van der Waals surface area contributed by atoms with Crippen molar-refractivity contribution in [3.63, 3.8) is 0 Å². The summed E-state index contributed by atoms with van der Waals surface area (Å²) in [5, 5.41) is 18.5. The van der Waals surface area contributed by atoms with Crippen molar-refractivity contribution in [1.29, 1.82) is 0 Å². The van der Waals surface area contributed by atoms with E-state index >= 15 is 0 Å². The fraction of sp³-hybridized carbons (Fsp3) is 0.682. The van der Waals surface area contributed by atoms with E-state index in [2.05, 4.69) is 93.8 Å². The molecule has 0 amide bonds. The molecule has 1 saturated heterocycles. The van der Waals surface area contributed by atoms with Crippen molar-refractivity contribution in [1.82, 2.24) is 10.6 Å². The van der Waals surface area contributed by atoms with Crippen molar-refractivity contribution in [3.8, 4) is 0 Å². The van der Waals surface area contributed by atoms with E-state index in [9.17, 15) is 5.11 Å². The minimum Gasteiger partial charge on any atom is -0.498 e. The van der Waals surface area contributed by atoms with Gasteiger partial charge in [-0.1, -0.05) is 82.2 Å². The smallest absolute Gasteiger partial charge is 0.169 e. The van der Waals surface area contributed by atoms with Gasteiger partial charge < -0.3 is 30.0 Å². The number of nitrogens with one attached hydrogen (secondary N) is 2. The number of hydrogen-bond donors (Lipinski definition) is 3. The molecular formula is C44H66N2O4. The molecule has 276 valence electrons. The molecule has 3 N–H and O–H groups in total. The van der Waals surface area contributed by atoms with Gasteiger partial charge >= 0.3 is 0 Å². The van der Waals surface area contributed by atoms with Crippen LogP contribution in [-0.4, -0.2) is 49.9 Å². The lowest BCUT2D eigenvalue weighted by atomic mass is 9.52. The summed E-state index contributed by atoms with van der Waals surface area (Å²) in [5.41, 5.74) is 6.17. The highest BCUT2D eigenvalue weighted by Gasteiger charge is 2.57. The molecule has 6 heteroatoms. The van der Waals surface area contributed by atoms with Gasteiger partial charge in [0.25, 0.3) is 0 Å². The first-order valence-corrected chi connectivity index (χ1v) is 20.1. The number of fused-ring (bicyclic) bond motifs is 4. The van der Waals surface area contributed by atoms with Crippen LogP contribution in [0.2, 0.25) is 0 Å². The van der Waals surface area contributed by atoms with E-state index in [1.807, 2.05) is 6.92 Å². The van der Waals surface area contributed by atoms with Gasteiger partial charge in [-0.15, -0.1) is 0 Å². The maximum absolute atomic E-state index is 11.4. The molecule has 1 heterocycles. The van der Waals surface area contributed by atoms with Crippen LogP contribution < -0.4 is 10.6 Å². The summed E-state index contributed by atoms with van der Waals surface area (Å²) in [6.45, 7) is 17.1. The Balaban J connectivity index is 1.14. The first-order chi connectivity index (χ1) is 24.1. The van der Waals surface area contributed by atoms with E-state index in [-0.39, 0.29) is 16.9 Å². The minimum atomic E-state index is -0.398. The van der Waals surface area contributed by atoms with Crippen LogP contribution in [0.25, 0.3) is 6.08 Å². The van der Waals surface area contributed by atoms with Gasteiger partial charge in [-0.05, 0) is 105 Å². The summed E-state index contributed by atoms with van der Waals surface area (Å²) in [6.07, 6.45) is 20.1. The lowest BCUT2D eigenvalue weighted by Gasteiger charge is -2.55. The quantitative estimate of drug-likeness (QED) is 0.142. The van der Waals surface area contributed by atoms with Crippen LogP contribution in [0.3, 0.4) is 0 Å². The molecule has 4 aliphatic carbocycles. The number of benzene rings is 1. The zero-order valence-corrected chi connectivity index (χ0v) is 32.0. The Morgan fingerprint density at radius 1 is 0.940 bits per heavy atom. The standard InChI is InChI=1S/C44H66N2O4/c1-7-11-34(48-9-3)23-26-46-40(12-8-2)45-25-10-13-31-14-16-32(17-15-31)37-28-43(6)38(20-21-39(43)47)36-19-18-33-27-44(24-22-35(33)41(36)37)49-29-42(4,5)30-50-44/h10-17,33,36-39,45-47H,7-9,18-30H2,1-6H3/b13-10+,34-11-,40-12?. The molecule has 3 saturated carbocycles. The molecule has 6 rings (SSSR count). The van der Waals surface area contributed by atoms with Crippen molar-refractivity contribution in [2.24, 2.45) is 28.6 Å². The molecule has 50 heavy (non-hydrogen) atoms. The van der Waals surface area contributed by atoms with E-state index in [4.69, 9.17) is 14.2 Å². The fourth-order valence-electron chi connectivity index (χ4n) is 10.1. The summed E-state index contributed by atoms with van der Waals surface area (Å²) in [5.74, 6) is 3.84. The maximum atomic E-state index is 11.4. The third-order valence-corrected chi connectivity index (χ3v) is 12.7. The predicted molar refractivity (Wildman–Crippen MR) is 204 cm³/mol. The highest BCUT2D eigenvalue weighted by atomic mass is 16.7. The van der Waals surface area contributed by atoms with Crippen LogP contribution in [0.15, 0.2) is 65.2 Å². The van der Waals surface area contributed by atoms with E-state index in [1.165, 1.54) is 24.0 Å². The van der Waals surface area contributed by atoms with Crippen LogP contribution >= 0.6 is 0 Å². The lowest BCUT2D eigenvalue weighted by Crippen LogP contribution is -2.52. The van der Waals surface area contributed by atoms with Crippen LogP contribution in [0.1, 0.15) is 129 Å². The predicted octanol–water partition coefficient (Wildman–Crippen LogP) is 9.39. The Morgan fingerprint density at radius 3 is 2.42 bits per heavy atom. The summed E-state index contributed by atoms with van der Waals surface area (Å²) in [7, 11) is 0. The van der Waals surface area contributed by atoms with E-state index in [0.29, 0.717) is 30.3 Å². The second kappa shape index (κ2) is 16.0. The molecule has 6 atom stereocenters. The van der Waals surface area contributed by atoms with Crippen molar-refractivity contribution >= 4 is 6.08 Å². The largest absolute Gasteiger partial charge is 0.498 e. The number of rotatable bonds is 13. The zero-order valence-electron chi connectivity index (χ0n) is 32.0. The highest BCUT2D eigenvalue weighted by Crippen LogP contribution is 2.65. The Bertz CT molecular complexity index is 1410. The summed E-state index contributed by atoms with van der Waals surface area (Å²) >= 11 is 0. The maximum Gasteiger partial charge on any atom is 0.169 e. The molecular weight excluding hydrogens is 620 g/mol. The Hall–Kier alpha value is -2.54. The van der Waals surface area contributed by atoms with Gasteiger partial charge in [0.05, 0.1) is 37.5 Å². The molecule has 0 radical (unpaired) electrons. The third-order valence-electron chi connectivity index (χ3n) is 12.7. The van der Waals surface area contributed by atoms with Gasteiger partial charge in [0.15, 0.2) is 5.79 Å². The number of aliphatic hydroxyl groups is 1. The van der Waals surface area contributed by atoms with Gasteiger partial charge in [0, 0.05) is 43.7 Å². The van der Waals surface area contributed by atoms with E-state index in [0.717, 1.165) is 95.7 Å². The minimum absolute atomic E-state index is 0.0117. The Morgan fingerprint density at radius 2 is 1.70 bits per heavy atom. The number of aliphatic hydroxyl groups excluding tert-OH is 1. The molecule has 4 fully saturated rings. The van der Waals surface area contributed by atoms with Crippen molar-refractivity contribution in [2.75, 3.05) is 32.9 Å². The average Bonchev–Trinajstić information content (AvgIpc) is 3.41. The van der Waals surface area contributed by atoms with Crippen molar-refractivity contribution in [2.45, 2.75) is 130 Å². The van der Waals surface area contributed by atoms with Gasteiger partial charge in [0.2, 0.25) is 0 Å². The summed E-state index contributed by atoms with van der Waals surface area (Å²) in [6, 6.07) is 9.34. The van der Waals surface area contributed by atoms with Crippen LogP contribution in [0, 0.1) is 28.6 Å². The van der Waals surface area contributed by atoms with Gasteiger partial charge in [0.1, 0.15) is 0 Å². The molecule has 0 aromatic heterocycles. The normalized spacial score (nSPS) is 32.1.